The summed E-state index contributed by atoms with van der Waals surface area (Å²) in [5.74, 6) is 0. The highest BCUT2D eigenvalue weighted by Gasteiger charge is 2.21. The molecule has 0 spiro atoms. The lowest BCUT2D eigenvalue weighted by molar-refractivity contribution is 0.407. The zero-order valence-corrected chi connectivity index (χ0v) is 10.3. The van der Waals surface area contributed by atoms with E-state index < -0.39 is 9.84 Å². The molecule has 16 heavy (non-hydrogen) atoms. The number of piperidine rings is 1. The molecule has 4 heteroatoms. The summed E-state index contributed by atoms with van der Waals surface area (Å²) in [6, 6.07) is 7.49. The number of hydrogen-bond donors (Lipinski definition) is 1. The van der Waals surface area contributed by atoms with Gasteiger partial charge in [0, 0.05) is 12.3 Å². The SMILES string of the molecule is CS(=O)(=O)c1ccccc1C1CCCCN1. The van der Waals surface area contributed by atoms with Crippen LogP contribution in [0, 0.1) is 0 Å². The van der Waals surface area contributed by atoms with E-state index in [0.29, 0.717) is 4.90 Å². The standard InChI is InChI=1S/C12H17NO2S/c1-16(14,15)12-8-3-2-6-10(12)11-7-4-5-9-13-11/h2-3,6,8,11,13H,4-5,7,9H2,1H3. The van der Waals surface area contributed by atoms with Gasteiger partial charge in [-0.2, -0.15) is 0 Å². The Morgan fingerprint density at radius 3 is 2.62 bits per heavy atom. The fourth-order valence-corrected chi connectivity index (χ4v) is 3.19. The molecule has 1 saturated heterocycles. The Morgan fingerprint density at radius 2 is 2.00 bits per heavy atom. The van der Waals surface area contributed by atoms with Crippen LogP contribution in [0.1, 0.15) is 30.9 Å². The van der Waals surface area contributed by atoms with E-state index in [1.54, 1.807) is 12.1 Å². The Balaban J connectivity index is 2.40. The summed E-state index contributed by atoms with van der Waals surface area (Å²) in [6.07, 6.45) is 4.63. The number of rotatable bonds is 2. The Kier molecular flexibility index (Phi) is 3.30. The predicted molar refractivity (Wildman–Crippen MR) is 64.1 cm³/mol. The Labute approximate surface area is 96.8 Å². The summed E-state index contributed by atoms with van der Waals surface area (Å²) >= 11 is 0. The first-order valence-electron chi connectivity index (χ1n) is 5.61. The van der Waals surface area contributed by atoms with Crippen LogP contribution < -0.4 is 5.32 Å². The van der Waals surface area contributed by atoms with Gasteiger partial charge in [-0.1, -0.05) is 24.6 Å². The minimum atomic E-state index is -3.12. The molecule has 0 aliphatic carbocycles. The molecule has 1 unspecified atom stereocenters. The van der Waals surface area contributed by atoms with Gasteiger partial charge >= 0.3 is 0 Å². The smallest absolute Gasteiger partial charge is 0.175 e. The van der Waals surface area contributed by atoms with Crippen molar-refractivity contribution in [3.63, 3.8) is 0 Å². The summed E-state index contributed by atoms with van der Waals surface area (Å²) in [4.78, 5) is 0.467. The van der Waals surface area contributed by atoms with Gasteiger partial charge in [0.25, 0.3) is 0 Å². The van der Waals surface area contributed by atoms with Crippen molar-refractivity contribution in [2.24, 2.45) is 0 Å². The van der Waals surface area contributed by atoms with Crippen molar-refractivity contribution in [2.45, 2.75) is 30.2 Å². The van der Waals surface area contributed by atoms with Gasteiger partial charge in [0.1, 0.15) is 0 Å². The normalized spacial score (nSPS) is 21.9. The van der Waals surface area contributed by atoms with Crippen molar-refractivity contribution >= 4 is 9.84 Å². The molecule has 1 aromatic rings. The third-order valence-electron chi connectivity index (χ3n) is 3.00. The van der Waals surface area contributed by atoms with Gasteiger partial charge in [0.2, 0.25) is 0 Å². The maximum absolute atomic E-state index is 11.7. The van der Waals surface area contributed by atoms with Gasteiger partial charge in [-0.3, -0.25) is 0 Å². The zero-order valence-electron chi connectivity index (χ0n) is 9.44. The topological polar surface area (TPSA) is 46.2 Å². The van der Waals surface area contributed by atoms with Crippen LogP contribution in [0.5, 0.6) is 0 Å². The molecule has 1 aromatic carbocycles. The van der Waals surface area contributed by atoms with E-state index in [1.165, 1.54) is 12.7 Å². The third-order valence-corrected chi connectivity index (χ3v) is 4.17. The Bertz CT molecular complexity index is 462. The van der Waals surface area contributed by atoms with Gasteiger partial charge in [-0.25, -0.2) is 8.42 Å². The van der Waals surface area contributed by atoms with Crippen LogP contribution >= 0.6 is 0 Å². The maximum atomic E-state index is 11.7. The average Bonchev–Trinajstić information content (AvgIpc) is 2.29. The summed E-state index contributed by atoms with van der Waals surface area (Å²) in [6.45, 7) is 0.975. The fraction of sp³-hybridized carbons (Fsp3) is 0.500. The summed E-state index contributed by atoms with van der Waals surface area (Å²) in [5.41, 5.74) is 0.921. The van der Waals surface area contributed by atoms with Crippen LogP contribution in [-0.4, -0.2) is 21.2 Å². The molecule has 88 valence electrons. The van der Waals surface area contributed by atoms with Crippen LogP contribution in [0.2, 0.25) is 0 Å². The van der Waals surface area contributed by atoms with E-state index in [1.807, 2.05) is 12.1 Å². The van der Waals surface area contributed by atoms with E-state index in [2.05, 4.69) is 5.32 Å². The van der Waals surface area contributed by atoms with Crippen LogP contribution in [0.4, 0.5) is 0 Å². The highest BCUT2D eigenvalue weighted by atomic mass is 32.2. The third kappa shape index (κ3) is 2.44. The molecule has 0 amide bonds. The van der Waals surface area contributed by atoms with E-state index in [4.69, 9.17) is 0 Å². The van der Waals surface area contributed by atoms with Crippen molar-refractivity contribution in [3.05, 3.63) is 29.8 Å². The second-order valence-electron chi connectivity index (χ2n) is 4.31. The predicted octanol–water partition coefficient (Wildman–Crippen LogP) is 1.90. The molecule has 3 nitrogen and oxygen atoms in total. The quantitative estimate of drug-likeness (QED) is 0.857. The number of sulfone groups is 1. The molecule has 1 atom stereocenters. The van der Waals surface area contributed by atoms with Gasteiger partial charge in [-0.05, 0) is 31.0 Å². The van der Waals surface area contributed by atoms with Crippen molar-refractivity contribution in [1.29, 1.82) is 0 Å². The molecule has 0 saturated carbocycles. The molecular formula is C12H17NO2S. The molecule has 1 aliphatic rings. The summed E-state index contributed by atoms with van der Waals surface area (Å²) < 4.78 is 23.3. The fourth-order valence-electron chi connectivity index (χ4n) is 2.22. The van der Waals surface area contributed by atoms with E-state index in [-0.39, 0.29) is 6.04 Å². The van der Waals surface area contributed by atoms with Gasteiger partial charge in [0.05, 0.1) is 4.90 Å². The van der Waals surface area contributed by atoms with E-state index in [9.17, 15) is 8.42 Å². The minimum Gasteiger partial charge on any atom is -0.310 e. The summed E-state index contributed by atoms with van der Waals surface area (Å²) in [5, 5.41) is 3.38. The number of benzene rings is 1. The molecule has 1 aliphatic heterocycles. The Hall–Kier alpha value is -0.870. The van der Waals surface area contributed by atoms with E-state index in [0.717, 1.165) is 24.9 Å². The maximum Gasteiger partial charge on any atom is 0.175 e. The first-order valence-corrected chi connectivity index (χ1v) is 7.50. The highest BCUT2D eigenvalue weighted by molar-refractivity contribution is 7.90. The lowest BCUT2D eigenvalue weighted by Crippen LogP contribution is -2.27. The lowest BCUT2D eigenvalue weighted by Gasteiger charge is -2.25. The molecule has 1 heterocycles. The molecule has 0 bridgehead atoms. The van der Waals surface area contributed by atoms with Crippen molar-refractivity contribution in [2.75, 3.05) is 12.8 Å². The van der Waals surface area contributed by atoms with Crippen LogP contribution in [-0.2, 0) is 9.84 Å². The first-order chi connectivity index (χ1) is 7.59. The Morgan fingerprint density at radius 1 is 1.25 bits per heavy atom. The molecule has 2 rings (SSSR count). The van der Waals surface area contributed by atoms with Gasteiger partial charge in [0.15, 0.2) is 9.84 Å². The van der Waals surface area contributed by atoms with Crippen molar-refractivity contribution in [3.8, 4) is 0 Å². The minimum absolute atomic E-state index is 0.194. The summed E-state index contributed by atoms with van der Waals surface area (Å²) in [7, 11) is -3.12. The van der Waals surface area contributed by atoms with Crippen molar-refractivity contribution < 1.29 is 8.42 Å². The average molecular weight is 239 g/mol. The first kappa shape index (κ1) is 11.6. The van der Waals surface area contributed by atoms with Crippen LogP contribution in [0.15, 0.2) is 29.2 Å². The molecule has 1 N–H and O–H groups in total. The zero-order chi connectivity index (χ0) is 11.6. The van der Waals surface area contributed by atoms with Gasteiger partial charge < -0.3 is 5.32 Å². The van der Waals surface area contributed by atoms with Gasteiger partial charge in [-0.15, -0.1) is 0 Å². The van der Waals surface area contributed by atoms with Crippen molar-refractivity contribution in [1.82, 2.24) is 5.32 Å². The largest absolute Gasteiger partial charge is 0.310 e. The lowest BCUT2D eigenvalue weighted by atomic mass is 9.98. The molecule has 0 radical (unpaired) electrons. The molecule has 1 fully saturated rings. The second-order valence-corrected chi connectivity index (χ2v) is 6.30. The number of hydrogen-bond acceptors (Lipinski definition) is 3. The molecular weight excluding hydrogens is 222 g/mol. The van der Waals surface area contributed by atoms with E-state index >= 15 is 0 Å². The highest BCUT2D eigenvalue weighted by Crippen LogP contribution is 2.28. The van der Waals surface area contributed by atoms with Crippen LogP contribution in [0.3, 0.4) is 0 Å². The molecule has 0 aromatic heterocycles. The monoisotopic (exact) mass is 239 g/mol. The van der Waals surface area contributed by atoms with Crippen LogP contribution in [0.25, 0.3) is 0 Å². The second kappa shape index (κ2) is 4.55. The number of nitrogens with one attached hydrogen (secondary N) is 1.